The van der Waals surface area contributed by atoms with E-state index in [0.717, 1.165) is 4.57 Å². The number of halogens is 1. The van der Waals surface area contributed by atoms with Gasteiger partial charge in [-0.3, -0.25) is 23.7 Å². The van der Waals surface area contributed by atoms with Crippen LogP contribution >= 0.6 is 7.75 Å². The third-order valence-electron chi connectivity index (χ3n) is 5.71. The number of carbonyl (C=O) groups is 1. The fraction of sp³-hybridized carbons (Fsp3) is 0.500. The fourth-order valence-electron chi connectivity index (χ4n) is 3.92. The molecule has 2 aliphatic rings. The van der Waals surface area contributed by atoms with Crippen LogP contribution in [0.25, 0.3) is 0 Å². The predicted molar refractivity (Wildman–Crippen MR) is 124 cm³/mol. The second kappa shape index (κ2) is 10.5. The molecule has 3 heterocycles. The van der Waals surface area contributed by atoms with Gasteiger partial charge in [0.15, 0.2) is 6.23 Å². The zero-order chi connectivity index (χ0) is 27.0. The molecule has 2 fully saturated rings. The Morgan fingerprint density at radius 2 is 2.03 bits per heavy atom. The van der Waals surface area contributed by atoms with Crippen LogP contribution in [0.5, 0.6) is 5.75 Å². The van der Waals surface area contributed by atoms with Crippen molar-refractivity contribution in [1.29, 1.82) is 0 Å². The van der Waals surface area contributed by atoms with Gasteiger partial charge in [-0.1, -0.05) is 18.2 Å². The molecule has 3 N–H and O–H groups in total. The van der Waals surface area contributed by atoms with Gasteiger partial charge < -0.3 is 23.8 Å². The highest BCUT2D eigenvalue weighted by molar-refractivity contribution is 7.52. The van der Waals surface area contributed by atoms with Crippen LogP contribution in [0.1, 0.15) is 27.0 Å². The number of ether oxygens (including phenoxy) is 3. The lowest BCUT2D eigenvalue weighted by Crippen LogP contribution is -2.46. The number of aromatic amines is 1. The lowest BCUT2D eigenvalue weighted by atomic mass is 10.0. The summed E-state index contributed by atoms with van der Waals surface area (Å²) in [5, 5.41) is 13.4. The first-order chi connectivity index (χ1) is 17.4. The average Bonchev–Trinajstić information content (AvgIpc) is 3.29. The molecule has 4 rings (SSSR count). The summed E-state index contributed by atoms with van der Waals surface area (Å²) in [5.41, 5.74) is -3.81. The summed E-state index contributed by atoms with van der Waals surface area (Å²) in [5.74, 6) is -1.77. The number of hydrogen-bond acceptors (Lipinski definition) is 10. The standard InChI is InChI=1S/C22H27FN3O10P/c1-12(2)34-20(29)13(3)25-37(31,36-14-7-5-4-6-8-14)33-11-22-10-32-16(17(22)27)19(35-22)26-9-15(23)18(28)24-21(26)30/h4-9,12-13,16-17,19,27H,10-11H2,1-3H3,(H,25,31)(H,24,28,30)/t13-,16+,17-,19+,22+,37+/m0/s1. The van der Waals surface area contributed by atoms with Gasteiger partial charge in [0.2, 0.25) is 5.82 Å². The van der Waals surface area contributed by atoms with Crippen LogP contribution in [0.2, 0.25) is 0 Å². The van der Waals surface area contributed by atoms with Crippen molar-refractivity contribution in [2.75, 3.05) is 13.2 Å². The Balaban J connectivity index is 1.55. The van der Waals surface area contributed by atoms with E-state index in [1.54, 1.807) is 32.0 Å². The lowest BCUT2D eigenvalue weighted by molar-refractivity contribution is -0.185. The van der Waals surface area contributed by atoms with Crippen molar-refractivity contribution in [3.63, 3.8) is 0 Å². The minimum Gasteiger partial charge on any atom is -0.462 e. The molecule has 2 aliphatic heterocycles. The van der Waals surface area contributed by atoms with Crippen molar-refractivity contribution in [2.45, 2.75) is 57.0 Å². The molecule has 0 aliphatic carbocycles. The maximum atomic E-state index is 13.8. The van der Waals surface area contributed by atoms with Crippen LogP contribution in [-0.2, 0) is 28.1 Å². The highest BCUT2D eigenvalue weighted by atomic mass is 31.2. The first-order valence-electron chi connectivity index (χ1n) is 11.4. The first kappa shape index (κ1) is 27.2. The first-order valence-corrected chi connectivity index (χ1v) is 12.9. The van der Waals surface area contributed by atoms with Crippen LogP contribution in [0.4, 0.5) is 4.39 Å². The van der Waals surface area contributed by atoms with E-state index in [4.69, 9.17) is 23.3 Å². The van der Waals surface area contributed by atoms with Gasteiger partial charge in [0.25, 0.3) is 5.56 Å². The zero-order valence-corrected chi connectivity index (χ0v) is 21.1. The van der Waals surface area contributed by atoms with Gasteiger partial charge in [0.05, 0.1) is 25.5 Å². The second-order valence-corrected chi connectivity index (χ2v) is 10.6. The molecule has 6 atom stereocenters. The van der Waals surface area contributed by atoms with E-state index in [9.17, 15) is 28.4 Å². The number of nitrogens with zero attached hydrogens (tertiary/aromatic N) is 1. The summed E-state index contributed by atoms with van der Waals surface area (Å²) in [6.45, 7) is 3.95. The van der Waals surface area contributed by atoms with Crippen molar-refractivity contribution in [1.82, 2.24) is 14.6 Å². The Kier molecular flexibility index (Phi) is 7.70. The van der Waals surface area contributed by atoms with Crippen LogP contribution < -0.4 is 20.9 Å². The smallest absolute Gasteiger partial charge is 0.459 e. The largest absolute Gasteiger partial charge is 0.462 e. The molecule has 2 bridgehead atoms. The molecule has 15 heteroatoms. The molecule has 0 spiro atoms. The van der Waals surface area contributed by atoms with Crippen LogP contribution in [0.15, 0.2) is 46.1 Å². The number of carbonyl (C=O) groups excluding carboxylic acids is 1. The average molecular weight is 543 g/mol. The van der Waals surface area contributed by atoms with Crippen molar-refractivity contribution in [3.8, 4) is 5.75 Å². The minimum absolute atomic E-state index is 0.168. The molecule has 2 aromatic rings. The fourth-order valence-corrected chi connectivity index (χ4v) is 5.46. The molecule has 1 aromatic heterocycles. The monoisotopic (exact) mass is 543 g/mol. The van der Waals surface area contributed by atoms with Crippen molar-refractivity contribution in [2.24, 2.45) is 0 Å². The van der Waals surface area contributed by atoms with Crippen molar-refractivity contribution < 1.29 is 42.1 Å². The van der Waals surface area contributed by atoms with E-state index in [2.05, 4.69) is 5.09 Å². The number of esters is 1. The van der Waals surface area contributed by atoms with Crippen LogP contribution in [0, 0.1) is 5.82 Å². The molecule has 13 nitrogen and oxygen atoms in total. The molecule has 0 amide bonds. The van der Waals surface area contributed by atoms with Crippen LogP contribution in [-0.4, -0.2) is 63.8 Å². The third kappa shape index (κ3) is 5.69. The van der Waals surface area contributed by atoms with Gasteiger partial charge in [0.1, 0.15) is 29.6 Å². The van der Waals surface area contributed by atoms with Gasteiger partial charge in [-0.2, -0.15) is 9.48 Å². The van der Waals surface area contributed by atoms with E-state index in [1.807, 2.05) is 4.98 Å². The molecule has 202 valence electrons. The Morgan fingerprint density at radius 1 is 1.32 bits per heavy atom. The zero-order valence-electron chi connectivity index (χ0n) is 20.2. The molecular weight excluding hydrogens is 516 g/mol. The Hall–Kier alpha value is -2.87. The lowest BCUT2D eigenvalue weighted by Gasteiger charge is -2.32. The predicted octanol–water partition coefficient (Wildman–Crippen LogP) is 0.836. The molecule has 0 saturated carbocycles. The number of nitrogens with one attached hydrogen (secondary N) is 2. The number of aliphatic hydroxyl groups is 1. The third-order valence-corrected chi connectivity index (χ3v) is 7.33. The molecule has 0 radical (unpaired) electrons. The van der Waals surface area contributed by atoms with Gasteiger partial charge in [-0.25, -0.2) is 9.36 Å². The minimum atomic E-state index is -4.30. The summed E-state index contributed by atoms with van der Waals surface area (Å²) >= 11 is 0. The highest BCUT2D eigenvalue weighted by Gasteiger charge is 2.63. The Morgan fingerprint density at radius 3 is 2.70 bits per heavy atom. The van der Waals surface area contributed by atoms with E-state index >= 15 is 0 Å². The normalized spacial score (nSPS) is 27.1. The number of aromatic nitrogens is 2. The van der Waals surface area contributed by atoms with Gasteiger partial charge in [-0.15, -0.1) is 0 Å². The molecule has 1 aromatic carbocycles. The summed E-state index contributed by atoms with van der Waals surface area (Å²) in [7, 11) is -4.30. The summed E-state index contributed by atoms with van der Waals surface area (Å²) in [6, 6.07) is 6.94. The number of para-hydroxylation sites is 1. The van der Waals surface area contributed by atoms with E-state index < -0.39 is 73.6 Å². The second-order valence-electron chi connectivity index (χ2n) is 8.95. The van der Waals surface area contributed by atoms with Crippen LogP contribution in [0.3, 0.4) is 0 Å². The molecule has 0 unspecified atom stereocenters. The van der Waals surface area contributed by atoms with Crippen molar-refractivity contribution >= 4 is 13.7 Å². The SMILES string of the molecule is CC(C)OC(=O)[C@H](C)N[P@@](=O)(OC[C@@]12CO[C@@H]([C@H](n3cc(F)c(=O)[nH]c3=O)O1)[C@@H]2O)Oc1ccccc1. The summed E-state index contributed by atoms with van der Waals surface area (Å²) in [4.78, 5) is 37.7. The Labute approximate surface area is 210 Å². The number of H-pyrrole nitrogens is 1. The molecule has 37 heavy (non-hydrogen) atoms. The topological polar surface area (TPSA) is 167 Å². The van der Waals surface area contributed by atoms with Gasteiger partial charge in [-0.05, 0) is 32.9 Å². The maximum Gasteiger partial charge on any atom is 0.459 e. The van der Waals surface area contributed by atoms with Gasteiger partial charge in [0, 0.05) is 0 Å². The summed E-state index contributed by atoms with van der Waals surface area (Å²) < 4.78 is 56.0. The number of aliphatic hydroxyl groups excluding tert-OH is 1. The maximum absolute atomic E-state index is 13.8. The number of fused-ring (bicyclic) bond motifs is 2. The summed E-state index contributed by atoms with van der Waals surface area (Å²) in [6.07, 6.45) is -3.58. The molecular formula is C22H27FN3O10P. The highest BCUT2D eigenvalue weighted by Crippen LogP contribution is 2.50. The molecule has 2 saturated heterocycles. The Bertz CT molecular complexity index is 1300. The van der Waals surface area contributed by atoms with Gasteiger partial charge >= 0.3 is 19.4 Å². The number of rotatable bonds is 10. The quantitative estimate of drug-likeness (QED) is 0.287. The van der Waals surface area contributed by atoms with Crippen molar-refractivity contribution in [3.05, 3.63) is 63.2 Å². The van der Waals surface area contributed by atoms with E-state index in [0.29, 0.717) is 6.20 Å². The van der Waals surface area contributed by atoms with E-state index in [1.165, 1.54) is 19.1 Å². The van der Waals surface area contributed by atoms with E-state index in [-0.39, 0.29) is 12.4 Å². The number of benzene rings is 1. The number of hydrogen-bond donors (Lipinski definition) is 3.